The van der Waals surface area contributed by atoms with Gasteiger partial charge in [0.15, 0.2) is 5.78 Å². The predicted octanol–water partition coefficient (Wildman–Crippen LogP) is 4.55. The summed E-state index contributed by atoms with van der Waals surface area (Å²) in [6.45, 7) is 5.01. The minimum atomic E-state index is -0.565. The van der Waals surface area contributed by atoms with Gasteiger partial charge in [-0.25, -0.2) is 4.39 Å². The molecular weight excluding hydrogens is 403 g/mol. The van der Waals surface area contributed by atoms with Crippen LogP contribution < -0.4 is 10.6 Å². The van der Waals surface area contributed by atoms with Crippen molar-refractivity contribution in [3.05, 3.63) is 58.4 Å². The number of hydrogen-bond donors (Lipinski definition) is 2. The summed E-state index contributed by atoms with van der Waals surface area (Å²) < 4.78 is 14.1. The van der Waals surface area contributed by atoms with Crippen LogP contribution in [0.15, 0.2) is 41.3 Å². The lowest BCUT2D eigenvalue weighted by Gasteiger charge is -2.13. The minimum absolute atomic E-state index is 0.0664. The molecule has 5 nitrogen and oxygen atoms in total. The molecule has 0 aliphatic rings. The standard InChI is InChI=1S/C20H20ClFN2O3S/c1-11(2)23-20(27)15-6-5-14(21)9-17(15)24-19(26)10-28-18-7-4-13(12(3)25)8-16(18)22/h4-9,11H,10H2,1-3H3,(H,23,27)(H,24,26). The first-order valence-electron chi connectivity index (χ1n) is 8.51. The van der Waals surface area contributed by atoms with Crippen molar-refractivity contribution in [2.24, 2.45) is 0 Å². The average Bonchev–Trinajstić information content (AvgIpc) is 2.59. The molecule has 0 fully saturated rings. The van der Waals surface area contributed by atoms with E-state index in [-0.39, 0.29) is 45.2 Å². The molecule has 0 saturated carbocycles. The number of carbonyl (C=O) groups excluding carboxylic acids is 3. The highest BCUT2D eigenvalue weighted by atomic mass is 35.5. The maximum Gasteiger partial charge on any atom is 0.253 e. The van der Waals surface area contributed by atoms with Crippen molar-refractivity contribution >= 4 is 46.6 Å². The molecule has 2 N–H and O–H groups in total. The van der Waals surface area contributed by atoms with Crippen LogP contribution in [0.3, 0.4) is 0 Å². The Morgan fingerprint density at radius 3 is 2.46 bits per heavy atom. The molecule has 8 heteroatoms. The molecule has 0 radical (unpaired) electrons. The molecule has 0 aromatic heterocycles. The van der Waals surface area contributed by atoms with Crippen molar-refractivity contribution in [3.8, 4) is 0 Å². The van der Waals surface area contributed by atoms with E-state index in [1.54, 1.807) is 6.07 Å². The highest BCUT2D eigenvalue weighted by molar-refractivity contribution is 8.00. The van der Waals surface area contributed by atoms with Gasteiger partial charge in [0.05, 0.1) is 17.0 Å². The molecule has 0 unspecified atom stereocenters. The molecule has 0 saturated heterocycles. The zero-order valence-electron chi connectivity index (χ0n) is 15.6. The van der Waals surface area contributed by atoms with Gasteiger partial charge in [-0.2, -0.15) is 0 Å². The van der Waals surface area contributed by atoms with Crippen LogP contribution in [0.4, 0.5) is 10.1 Å². The first-order valence-corrected chi connectivity index (χ1v) is 9.87. The van der Waals surface area contributed by atoms with Crippen LogP contribution in [-0.4, -0.2) is 29.4 Å². The van der Waals surface area contributed by atoms with Gasteiger partial charge in [-0.1, -0.05) is 17.7 Å². The largest absolute Gasteiger partial charge is 0.350 e. The third-order valence-corrected chi connectivity index (χ3v) is 4.90. The highest BCUT2D eigenvalue weighted by Gasteiger charge is 2.16. The van der Waals surface area contributed by atoms with E-state index in [9.17, 15) is 18.8 Å². The number of anilines is 1. The van der Waals surface area contributed by atoms with Gasteiger partial charge in [0, 0.05) is 21.5 Å². The SMILES string of the molecule is CC(=O)c1ccc(SCC(=O)Nc2cc(Cl)ccc2C(=O)NC(C)C)c(F)c1. The number of nitrogens with one attached hydrogen (secondary N) is 2. The van der Waals surface area contributed by atoms with E-state index in [2.05, 4.69) is 10.6 Å². The van der Waals surface area contributed by atoms with Crippen molar-refractivity contribution in [2.45, 2.75) is 31.7 Å². The Morgan fingerprint density at radius 1 is 1.14 bits per heavy atom. The van der Waals surface area contributed by atoms with Crippen LogP contribution in [0.25, 0.3) is 0 Å². The van der Waals surface area contributed by atoms with Crippen LogP contribution >= 0.6 is 23.4 Å². The van der Waals surface area contributed by atoms with E-state index < -0.39 is 11.7 Å². The van der Waals surface area contributed by atoms with Crippen molar-refractivity contribution < 1.29 is 18.8 Å². The average molecular weight is 423 g/mol. The molecule has 2 rings (SSSR count). The number of rotatable bonds is 7. The molecule has 0 aliphatic heterocycles. The van der Waals surface area contributed by atoms with E-state index in [1.807, 2.05) is 13.8 Å². The lowest BCUT2D eigenvalue weighted by Crippen LogP contribution is -2.31. The number of hydrogen-bond acceptors (Lipinski definition) is 4. The third kappa shape index (κ3) is 6.07. The fourth-order valence-electron chi connectivity index (χ4n) is 2.32. The molecule has 2 aromatic rings. The predicted molar refractivity (Wildman–Crippen MR) is 110 cm³/mol. The Hall–Kier alpha value is -2.38. The molecule has 2 amide bonds. The third-order valence-electron chi connectivity index (χ3n) is 3.62. The van der Waals surface area contributed by atoms with Crippen LogP contribution in [-0.2, 0) is 4.79 Å². The Labute approximate surface area is 172 Å². The molecule has 0 heterocycles. The maximum atomic E-state index is 14.1. The highest BCUT2D eigenvalue weighted by Crippen LogP contribution is 2.25. The van der Waals surface area contributed by atoms with Crippen molar-refractivity contribution in [1.29, 1.82) is 0 Å². The number of ketones is 1. The molecule has 2 aromatic carbocycles. The molecule has 0 aliphatic carbocycles. The second kappa shape index (κ2) is 9.71. The van der Waals surface area contributed by atoms with E-state index in [0.717, 1.165) is 17.8 Å². The van der Waals surface area contributed by atoms with Crippen LogP contribution in [0, 0.1) is 5.82 Å². The molecule has 28 heavy (non-hydrogen) atoms. The normalized spacial score (nSPS) is 10.6. The van der Waals surface area contributed by atoms with Crippen LogP contribution in [0.5, 0.6) is 0 Å². The molecule has 148 valence electrons. The van der Waals surface area contributed by atoms with E-state index in [1.165, 1.54) is 31.2 Å². The second-order valence-corrected chi connectivity index (χ2v) is 7.81. The van der Waals surface area contributed by atoms with Gasteiger partial charge >= 0.3 is 0 Å². The van der Waals surface area contributed by atoms with Crippen LogP contribution in [0.1, 0.15) is 41.5 Å². The molecule has 0 atom stereocenters. The number of carbonyl (C=O) groups is 3. The minimum Gasteiger partial charge on any atom is -0.350 e. The number of thioether (sulfide) groups is 1. The van der Waals surface area contributed by atoms with Gasteiger partial charge in [-0.05, 0) is 51.1 Å². The fourth-order valence-corrected chi connectivity index (χ4v) is 3.22. The van der Waals surface area contributed by atoms with E-state index in [4.69, 9.17) is 11.6 Å². The summed E-state index contributed by atoms with van der Waals surface area (Å²) in [7, 11) is 0. The van der Waals surface area contributed by atoms with Gasteiger partial charge < -0.3 is 10.6 Å². The van der Waals surface area contributed by atoms with Gasteiger partial charge in [0.25, 0.3) is 5.91 Å². The first kappa shape index (κ1) is 21.9. The molecular formula is C20H20ClFN2O3S. The summed E-state index contributed by atoms with van der Waals surface area (Å²) in [5, 5.41) is 5.77. The number of Topliss-reactive ketones (excluding diaryl/α,β-unsaturated/α-hetero) is 1. The summed E-state index contributed by atoms with van der Waals surface area (Å²) in [4.78, 5) is 36.1. The Morgan fingerprint density at radius 2 is 1.86 bits per heavy atom. The lowest BCUT2D eigenvalue weighted by molar-refractivity contribution is -0.113. The zero-order chi connectivity index (χ0) is 20.8. The summed E-state index contributed by atoms with van der Waals surface area (Å²) in [5.74, 6) is -1.62. The summed E-state index contributed by atoms with van der Waals surface area (Å²) in [5.41, 5.74) is 0.836. The zero-order valence-corrected chi connectivity index (χ0v) is 17.2. The topological polar surface area (TPSA) is 75.3 Å². The first-order chi connectivity index (χ1) is 13.2. The van der Waals surface area contributed by atoms with Crippen molar-refractivity contribution in [2.75, 3.05) is 11.1 Å². The smallest absolute Gasteiger partial charge is 0.253 e. The van der Waals surface area contributed by atoms with Crippen molar-refractivity contribution in [3.63, 3.8) is 0 Å². The summed E-state index contributed by atoms with van der Waals surface area (Å²) in [6, 6.07) is 8.64. The molecule has 0 spiro atoms. The quantitative estimate of drug-likeness (QED) is 0.507. The van der Waals surface area contributed by atoms with Gasteiger partial charge in [-0.15, -0.1) is 11.8 Å². The number of amides is 2. The van der Waals surface area contributed by atoms with E-state index in [0.29, 0.717) is 5.02 Å². The van der Waals surface area contributed by atoms with Crippen molar-refractivity contribution in [1.82, 2.24) is 5.32 Å². The van der Waals surface area contributed by atoms with Gasteiger partial charge in [0.1, 0.15) is 5.82 Å². The van der Waals surface area contributed by atoms with Gasteiger partial charge in [-0.3, -0.25) is 14.4 Å². The lowest BCUT2D eigenvalue weighted by atomic mass is 10.1. The summed E-state index contributed by atoms with van der Waals surface area (Å²) >= 11 is 6.97. The number of halogens is 2. The monoisotopic (exact) mass is 422 g/mol. The van der Waals surface area contributed by atoms with Crippen LogP contribution in [0.2, 0.25) is 5.02 Å². The van der Waals surface area contributed by atoms with E-state index >= 15 is 0 Å². The Bertz CT molecular complexity index is 918. The fraction of sp³-hybridized carbons (Fsp3) is 0.250. The Balaban J connectivity index is 2.08. The summed E-state index contributed by atoms with van der Waals surface area (Å²) in [6.07, 6.45) is 0. The maximum absolute atomic E-state index is 14.1. The Kier molecular flexibility index (Phi) is 7.60. The number of benzene rings is 2. The van der Waals surface area contributed by atoms with Gasteiger partial charge in [0.2, 0.25) is 5.91 Å². The molecule has 0 bridgehead atoms. The second-order valence-electron chi connectivity index (χ2n) is 6.36.